The maximum absolute atomic E-state index is 12.3. The number of nitrogens with one attached hydrogen (secondary N) is 2. The first-order valence-corrected chi connectivity index (χ1v) is 9.16. The molecule has 1 amide bonds. The van der Waals surface area contributed by atoms with Gasteiger partial charge in [-0.3, -0.25) is 9.89 Å². The number of aryl methyl sites for hydroxylation is 1. The van der Waals surface area contributed by atoms with E-state index >= 15 is 0 Å². The van der Waals surface area contributed by atoms with Gasteiger partial charge in [0.05, 0.1) is 17.8 Å². The summed E-state index contributed by atoms with van der Waals surface area (Å²) in [6.45, 7) is 2.07. The molecule has 1 aliphatic carbocycles. The number of fused-ring (bicyclic) bond motifs is 1. The molecule has 26 heavy (non-hydrogen) atoms. The quantitative estimate of drug-likeness (QED) is 0.748. The SMILES string of the molecule is Cc1c(O[C@H]2CC[C@@H](NC(=O)c3ccccc3)CC2)ccc2[nH]ncc12. The second-order valence-electron chi connectivity index (χ2n) is 6.95. The Kier molecular flexibility index (Phi) is 4.61. The van der Waals surface area contributed by atoms with E-state index in [9.17, 15) is 4.79 Å². The van der Waals surface area contributed by atoms with Crippen molar-refractivity contribution >= 4 is 16.8 Å². The van der Waals surface area contributed by atoms with Crippen LogP contribution in [0.25, 0.3) is 10.9 Å². The highest BCUT2D eigenvalue weighted by Crippen LogP contribution is 2.30. The summed E-state index contributed by atoms with van der Waals surface area (Å²) in [5, 5.41) is 11.3. The zero-order chi connectivity index (χ0) is 17.9. The van der Waals surface area contributed by atoms with Gasteiger partial charge in [0.2, 0.25) is 0 Å². The van der Waals surface area contributed by atoms with Gasteiger partial charge in [-0.25, -0.2) is 0 Å². The van der Waals surface area contributed by atoms with Crippen LogP contribution in [0, 0.1) is 6.92 Å². The minimum absolute atomic E-state index is 0.0104. The van der Waals surface area contributed by atoms with E-state index in [1.54, 1.807) is 0 Å². The van der Waals surface area contributed by atoms with Crippen LogP contribution in [0.15, 0.2) is 48.7 Å². The Bertz CT molecular complexity index is 896. The number of carbonyl (C=O) groups excluding carboxylic acids is 1. The molecule has 0 saturated heterocycles. The molecule has 1 saturated carbocycles. The second-order valence-corrected chi connectivity index (χ2v) is 6.95. The van der Waals surface area contributed by atoms with Crippen molar-refractivity contribution in [2.24, 2.45) is 0 Å². The van der Waals surface area contributed by atoms with Gasteiger partial charge in [0.1, 0.15) is 5.75 Å². The van der Waals surface area contributed by atoms with Crippen LogP contribution in [0.5, 0.6) is 5.75 Å². The number of ether oxygens (including phenoxy) is 1. The summed E-state index contributed by atoms with van der Waals surface area (Å²) in [4.78, 5) is 12.3. The maximum atomic E-state index is 12.3. The zero-order valence-electron chi connectivity index (χ0n) is 14.9. The van der Waals surface area contributed by atoms with Crippen LogP contribution in [0.2, 0.25) is 0 Å². The Morgan fingerprint density at radius 3 is 2.65 bits per heavy atom. The summed E-state index contributed by atoms with van der Waals surface area (Å²) in [6, 6.07) is 13.6. The van der Waals surface area contributed by atoms with Crippen molar-refractivity contribution in [3.63, 3.8) is 0 Å². The number of aromatic nitrogens is 2. The summed E-state index contributed by atoms with van der Waals surface area (Å²) in [5.74, 6) is 0.937. The van der Waals surface area contributed by atoms with Crippen molar-refractivity contribution in [2.45, 2.75) is 44.8 Å². The van der Waals surface area contributed by atoms with Gasteiger partial charge < -0.3 is 10.1 Å². The fourth-order valence-electron chi connectivity index (χ4n) is 3.63. The van der Waals surface area contributed by atoms with Gasteiger partial charge >= 0.3 is 0 Å². The highest BCUT2D eigenvalue weighted by Gasteiger charge is 2.24. The van der Waals surface area contributed by atoms with Crippen molar-refractivity contribution in [3.05, 3.63) is 59.8 Å². The second kappa shape index (κ2) is 7.20. The Morgan fingerprint density at radius 1 is 1.12 bits per heavy atom. The third kappa shape index (κ3) is 3.43. The monoisotopic (exact) mass is 349 g/mol. The average Bonchev–Trinajstić information content (AvgIpc) is 3.16. The predicted molar refractivity (Wildman–Crippen MR) is 101 cm³/mol. The Balaban J connectivity index is 1.33. The molecule has 2 N–H and O–H groups in total. The van der Waals surface area contributed by atoms with E-state index in [1.165, 1.54) is 0 Å². The summed E-state index contributed by atoms with van der Waals surface area (Å²) in [5.41, 5.74) is 2.87. The molecule has 3 aromatic rings. The van der Waals surface area contributed by atoms with Gasteiger partial charge in [-0.05, 0) is 56.9 Å². The van der Waals surface area contributed by atoms with Gasteiger partial charge in [-0.1, -0.05) is 18.2 Å². The highest BCUT2D eigenvalue weighted by atomic mass is 16.5. The Hall–Kier alpha value is -2.82. The predicted octanol–water partition coefficient (Wildman–Crippen LogP) is 3.99. The van der Waals surface area contributed by atoms with Gasteiger partial charge in [0, 0.05) is 22.6 Å². The standard InChI is InChI=1S/C21H23N3O2/c1-14-18-13-22-24-19(18)11-12-20(14)26-17-9-7-16(8-10-17)23-21(25)15-5-3-2-4-6-15/h2-6,11-13,16-17H,7-10H2,1H3,(H,22,24)(H,23,25)/t16-,17+. The van der Waals surface area contributed by atoms with Crippen molar-refractivity contribution < 1.29 is 9.53 Å². The number of hydrogen-bond donors (Lipinski definition) is 2. The van der Waals surface area contributed by atoms with E-state index in [4.69, 9.17) is 4.74 Å². The molecule has 2 aromatic carbocycles. The smallest absolute Gasteiger partial charge is 0.251 e. The van der Waals surface area contributed by atoms with E-state index in [0.29, 0.717) is 0 Å². The minimum atomic E-state index is 0.0104. The van der Waals surface area contributed by atoms with Crippen LogP contribution in [0.3, 0.4) is 0 Å². The molecule has 0 radical (unpaired) electrons. The fraction of sp³-hybridized carbons (Fsp3) is 0.333. The van der Waals surface area contributed by atoms with Crippen LogP contribution < -0.4 is 10.1 Å². The molecule has 0 bridgehead atoms. The van der Waals surface area contributed by atoms with Gasteiger partial charge in [-0.2, -0.15) is 5.10 Å². The third-order valence-corrected chi connectivity index (χ3v) is 5.18. The normalized spacial score (nSPS) is 20.0. The number of H-pyrrole nitrogens is 1. The van der Waals surface area contributed by atoms with Crippen LogP contribution in [0.4, 0.5) is 0 Å². The topological polar surface area (TPSA) is 67.0 Å². The first kappa shape index (κ1) is 16.6. The molecular weight excluding hydrogens is 326 g/mol. The molecule has 0 aliphatic heterocycles. The minimum Gasteiger partial charge on any atom is -0.490 e. The third-order valence-electron chi connectivity index (χ3n) is 5.18. The van der Waals surface area contributed by atoms with E-state index < -0.39 is 0 Å². The Labute approximate surface area is 152 Å². The maximum Gasteiger partial charge on any atom is 0.251 e. The molecule has 1 fully saturated rings. The number of amides is 1. The molecule has 0 spiro atoms. The van der Waals surface area contributed by atoms with Crippen LogP contribution in [-0.2, 0) is 0 Å². The average molecular weight is 349 g/mol. The summed E-state index contributed by atoms with van der Waals surface area (Å²) >= 11 is 0. The van der Waals surface area contributed by atoms with Gasteiger partial charge in [0.25, 0.3) is 5.91 Å². The van der Waals surface area contributed by atoms with Crippen LogP contribution in [-0.4, -0.2) is 28.3 Å². The van der Waals surface area contributed by atoms with Crippen molar-refractivity contribution in [1.29, 1.82) is 0 Å². The number of hydrogen-bond acceptors (Lipinski definition) is 3. The molecule has 1 heterocycles. The molecular formula is C21H23N3O2. The molecule has 134 valence electrons. The summed E-state index contributed by atoms with van der Waals surface area (Å²) in [6.07, 6.45) is 5.81. The largest absolute Gasteiger partial charge is 0.490 e. The van der Waals surface area contributed by atoms with E-state index in [1.807, 2.05) is 48.7 Å². The lowest BCUT2D eigenvalue weighted by Gasteiger charge is -2.30. The zero-order valence-corrected chi connectivity index (χ0v) is 14.9. The first-order valence-electron chi connectivity index (χ1n) is 9.16. The van der Waals surface area contributed by atoms with Gasteiger partial charge in [0.15, 0.2) is 0 Å². The lowest BCUT2D eigenvalue weighted by molar-refractivity contribution is 0.0893. The number of nitrogens with zero attached hydrogens (tertiary/aromatic N) is 1. The molecule has 0 unspecified atom stereocenters. The summed E-state index contributed by atoms with van der Waals surface area (Å²) in [7, 11) is 0. The van der Waals surface area contributed by atoms with Gasteiger partial charge in [-0.15, -0.1) is 0 Å². The van der Waals surface area contributed by atoms with Crippen LogP contribution in [0.1, 0.15) is 41.6 Å². The fourth-order valence-corrected chi connectivity index (χ4v) is 3.63. The Morgan fingerprint density at radius 2 is 1.88 bits per heavy atom. The molecule has 1 aliphatic rings. The van der Waals surface area contributed by atoms with E-state index in [2.05, 4.69) is 22.4 Å². The molecule has 0 atom stereocenters. The molecule has 5 nitrogen and oxygen atoms in total. The number of aromatic amines is 1. The number of benzene rings is 2. The van der Waals surface area contributed by atoms with Crippen molar-refractivity contribution in [2.75, 3.05) is 0 Å². The summed E-state index contributed by atoms with van der Waals surface area (Å²) < 4.78 is 6.25. The van der Waals surface area contributed by atoms with Crippen molar-refractivity contribution in [3.8, 4) is 5.75 Å². The molecule has 1 aromatic heterocycles. The lowest BCUT2D eigenvalue weighted by Crippen LogP contribution is -2.39. The highest BCUT2D eigenvalue weighted by molar-refractivity contribution is 5.94. The molecule has 4 rings (SSSR count). The number of rotatable bonds is 4. The number of carbonyl (C=O) groups is 1. The molecule has 5 heteroatoms. The first-order chi connectivity index (χ1) is 12.7. The van der Waals surface area contributed by atoms with Crippen molar-refractivity contribution in [1.82, 2.24) is 15.5 Å². The van der Waals surface area contributed by atoms with Crippen LogP contribution >= 0.6 is 0 Å². The lowest BCUT2D eigenvalue weighted by atomic mass is 9.92. The van der Waals surface area contributed by atoms with E-state index in [-0.39, 0.29) is 18.1 Å². The van der Waals surface area contributed by atoms with E-state index in [0.717, 1.165) is 53.5 Å².